The standard InChI is InChI=1S/C15H19N3O2S/c1-10-8-12(5-6-16-10)18-15(20)17-11(2)9-13(19)14-4-3-7-21-14/h3-8,11,13,19H,9H2,1-2H3,(H2,16,17,18,20). The molecule has 5 nitrogen and oxygen atoms in total. The van der Waals surface area contributed by atoms with Crippen LogP contribution in [0.2, 0.25) is 0 Å². The number of urea groups is 1. The molecule has 0 aliphatic rings. The maximum atomic E-state index is 11.9. The quantitative estimate of drug-likeness (QED) is 0.794. The van der Waals surface area contributed by atoms with Crippen molar-refractivity contribution in [2.45, 2.75) is 32.4 Å². The van der Waals surface area contributed by atoms with Crippen molar-refractivity contribution < 1.29 is 9.90 Å². The second kappa shape index (κ2) is 7.19. The van der Waals surface area contributed by atoms with Crippen molar-refractivity contribution in [1.29, 1.82) is 0 Å². The molecule has 2 amide bonds. The third-order valence-corrected chi connectivity index (χ3v) is 3.95. The van der Waals surface area contributed by atoms with Crippen LogP contribution in [0.1, 0.15) is 30.0 Å². The van der Waals surface area contributed by atoms with Gasteiger partial charge < -0.3 is 15.7 Å². The predicted molar refractivity (Wildman–Crippen MR) is 84.5 cm³/mol. The number of thiophene rings is 1. The van der Waals surface area contributed by atoms with E-state index in [9.17, 15) is 9.90 Å². The molecule has 0 saturated carbocycles. The van der Waals surface area contributed by atoms with Crippen molar-refractivity contribution in [3.8, 4) is 0 Å². The van der Waals surface area contributed by atoms with Gasteiger partial charge >= 0.3 is 6.03 Å². The van der Waals surface area contributed by atoms with Crippen LogP contribution in [0.5, 0.6) is 0 Å². The molecule has 0 saturated heterocycles. The molecule has 112 valence electrons. The molecule has 2 heterocycles. The van der Waals surface area contributed by atoms with Crippen LogP contribution in [0.15, 0.2) is 35.8 Å². The molecule has 2 rings (SSSR count). The molecule has 3 N–H and O–H groups in total. The first-order valence-corrected chi connectivity index (χ1v) is 7.64. The number of aryl methyl sites for hydroxylation is 1. The number of pyridine rings is 1. The van der Waals surface area contributed by atoms with E-state index in [0.717, 1.165) is 10.6 Å². The normalized spacial score (nSPS) is 13.5. The smallest absolute Gasteiger partial charge is 0.319 e. The number of aliphatic hydroxyl groups is 1. The van der Waals surface area contributed by atoms with Gasteiger partial charge in [-0.1, -0.05) is 6.07 Å². The van der Waals surface area contributed by atoms with Crippen molar-refractivity contribution in [1.82, 2.24) is 10.3 Å². The second-order valence-corrected chi connectivity index (χ2v) is 5.93. The molecular formula is C15H19N3O2S. The van der Waals surface area contributed by atoms with Crippen molar-refractivity contribution in [3.63, 3.8) is 0 Å². The Morgan fingerprint density at radius 2 is 2.29 bits per heavy atom. The highest BCUT2D eigenvalue weighted by atomic mass is 32.1. The topological polar surface area (TPSA) is 74.2 Å². The summed E-state index contributed by atoms with van der Waals surface area (Å²) < 4.78 is 0. The van der Waals surface area contributed by atoms with E-state index < -0.39 is 6.10 Å². The van der Waals surface area contributed by atoms with Crippen LogP contribution in [0.3, 0.4) is 0 Å². The lowest BCUT2D eigenvalue weighted by Crippen LogP contribution is -2.37. The van der Waals surface area contributed by atoms with Crippen molar-refractivity contribution in [2.24, 2.45) is 0 Å². The van der Waals surface area contributed by atoms with Crippen LogP contribution >= 0.6 is 11.3 Å². The largest absolute Gasteiger partial charge is 0.387 e. The molecule has 21 heavy (non-hydrogen) atoms. The van der Waals surface area contributed by atoms with Gasteiger partial charge in [-0.2, -0.15) is 0 Å². The summed E-state index contributed by atoms with van der Waals surface area (Å²) in [5.74, 6) is 0. The van der Waals surface area contributed by atoms with Crippen LogP contribution < -0.4 is 10.6 Å². The zero-order chi connectivity index (χ0) is 15.2. The fourth-order valence-electron chi connectivity index (χ4n) is 2.01. The number of hydrogen-bond acceptors (Lipinski definition) is 4. The lowest BCUT2D eigenvalue weighted by atomic mass is 10.1. The molecule has 0 aliphatic heterocycles. The van der Waals surface area contributed by atoms with Gasteiger partial charge in [-0.25, -0.2) is 4.79 Å². The highest BCUT2D eigenvalue weighted by Gasteiger charge is 2.15. The van der Waals surface area contributed by atoms with Crippen molar-refractivity contribution in [3.05, 3.63) is 46.4 Å². The third kappa shape index (κ3) is 4.84. The number of nitrogens with one attached hydrogen (secondary N) is 2. The molecule has 6 heteroatoms. The third-order valence-electron chi connectivity index (χ3n) is 2.98. The van der Waals surface area contributed by atoms with Crippen LogP contribution in [0.4, 0.5) is 10.5 Å². The first-order valence-electron chi connectivity index (χ1n) is 6.76. The fraction of sp³-hybridized carbons (Fsp3) is 0.333. The number of nitrogens with zero attached hydrogens (tertiary/aromatic N) is 1. The Bertz CT molecular complexity index is 586. The summed E-state index contributed by atoms with van der Waals surface area (Å²) in [6, 6.07) is 6.90. The van der Waals surface area contributed by atoms with Gasteiger partial charge in [-0.15, -0.1) is 11.3 Å². The minimum Gasteiger partial charge on any atom is -0.387 e. The fourth-order valence-corrected chi connectivity index (χ4v) is 2.73. The van der Waals surface area contributed by atoms with Gasteiger partial charge in [0, 0.05) is 28.5 Å². The summed E-state index contributed by atoms with van der Waals surface area (Å²) in [4.78, 5) is 16.9. The number of anilines is 1. The van der Waals surface area contributed by atoms with Gasteiger partial charge in [0.15, 0.2) is 0 Å². The van der Waals surface area contributed by atoms with Crippen LogP contribution in [-0.2, 0) is 0 Å². The summed E-state index contributed by atoms with van der Waals surface area (Å²) in [6.07, 6.45) is 1.57. The number of carbonyl (C=O) groups is 1. The highest BCUT2D eigenvalue weighted by Crippen LogP contribution is 2.22. The van der Waals surface area contributed by atoms with Gasteiger partial charge in [0.1, 0.15) is 0 Å². The van der Waals surface area contributed by atoms with E-state index in [2.05, 4.69) is 15.6 Å². The van der Waals surface area contributed by atoms with Crippen molar-refractivity contribution >= 4 is 23.1 Å². The molecule has 0 aliphatic carbocycles. The van der Waals surface area contributed by atoms with Crippen LogP contribution in [0.25, 0.3) is 0 Å². The lowest BCUT2D eigenvalue weighted by Gasteiger charge is -2.17. The van der Waals surface area contributed by atoms with E-state index >= 15 is 0 Å². The molecule has 0 spiro atoms. The Hall–Kier alpha value is -1.92. The Morgan fingerprint density at radius 3 is 2.95 bits per heavy atom. The predicted octanol–water partition coefficient (Wildman–Crippen LogP) is 3.09. The maximum Gasteiger partial charge on any atom is 0.319 e. The SMILES string of the molecule is Cc1cc(NC(=O)NC(C)CC(O)c2cccs2)ccn1. The van der Waals surface area contributed by atoms with E-state index in [1.54, 1.807) is 18.3 Å². The van der Waals surface area contributed by atoms with Gasteiger partial charge in [-0.3, -0.25) is 4.98 Å². The van der Waals surface area contributed by atoms with Gasteiger partial charge in [0.2, 0.25) is 0 Å². The number of rotatable bonds is 5. The maximum absolute atomic E-state index is 11.9. The van der Waals surface area contributed by atoms with E-state index in [1.807, 2.05) is 31.4 Å². The number of hydrogen-bond donors (Lipinski definition) is 3. The minimum atomic E-state index is -0.552. The molecule has 0 radical (unpaired) electrons. The minimum absolute atomic E-state index is 0.134. The number of carbonyl (C=O) groups excluding carboxylic acids is 1. The number of aliphatic hydroxyl groups excluding tert-OH is 1. The molecular weight excluding hydrogens is 286 g/mol. The molecule has 2 unspecified atom stereocenters. The van der Waals surface area contributed by atoms with Gasteiger partial charge in [-0.05, 0) is 43.8 Å². The van der Waals surface area contributed by atoms with E-state index in [4.69, 9.17) is 0 Å². The summed E-state index contributed by atoms with van der Waals surface area (Å²) in [7, 11) is 0. The monoisotopic (exact) mass is 305 g/mol. The average molecular weight is 305 g/mol. The first-order chi connectivity index (χ1) is 10.0. The Labute approximate surface area is 128 Å². The number of aromatic nitrogens is 1. The first kappa shape index (κ1) is 15.5. The summed E-state index contributed by atoms with van der Waals surface area (Å²) in [6.45, 7) is 3.73. The average Bonchev–Trinajstić information content (AvgIpc) is 2.91. The molecule has 2 aromatic rings. The summed E-state index contributed by atoms with van der Waals surface area (Å²) in [5, 5.41) is 17.5. The van der Waals surface area contributed by atoms with Crippen LogP contribution in [0, 0.1) is 6.92 Å². The van der Waals surface area contributed by atoms with E-state index in [-0.39, 0.29) is 12.1 Å². The summed E-state index contributed by atoms with van der Waals surface area (Å²) >= 11 is 1.51. The Morgan fingerprint density at radius 1 is 1.48 bits per heavy atom. The molecule has 2 aromatic heterocycles. The Balaban J connectivity index is 1.82. The zero-order valence-corrected chi connectivity index (χ0v) is 12.9. The van der Waals surface area contributed by atoms with E-state index in [1.165, 1.54) is 11.3 Å². The molecule has 0 bridgehead atoms. The molecule has 0 aromatic carbocycles. The van der Waals surface area contributed by atoms with Crippen LogP contribution in [-0.4, -0.2) is 22.2 Å². The molecule has 0 fully saturated rings. The van der Waals surface area contributed by atoms with Crippen molar-refractivity contribution in [2.75, 3.05) is 5.32 Å². The van der Waals surface area contributed by atoms with E-state index in [0.29, 0.717) is 12.1 Å². The zero-order valence-electron chi connectivity index (χ0n) is 12.0. The Kier molecular flexibility index (Phi) is 5.30. The summed E-state index contributed by atoms with van der Waals surface area (Å²) in [5.41, 5.74) is 1.54. The van der Waals surface area contributed by atoms with Gasteiger partial charge in [0.25, 0.3) is 0 Å². The highest BCUT2D eigenvalue weighted by molar-refractivity contribution is 7.10. The lowest BCUT2D eigenvalue weighted by molar-refractivity contribution is 0.158. The molecule has 2 atom stereocenters. The van der Waals surface area contributed by atoms with Gasteiger partial charge in [0.05, 0.1) is 6.10 Å². The second-order valence-electron chi connectivity index (χ2n) is 4.95. The number of amides is 2.